The van der Waals surface area contributed by atoms with Crippen LogP contribution in [0.3, 0.4) is 0 Å². The zero-order valence-electron chi connectivity index (χ0n) is 16.4. The van der Waals surface area contributed by atoms with E-state index in [0.717, 1.165) is 44.2 Å². The number of rotatable bonds is 6. The smallest absolute Gasteiger partial charge is 0.223 e. The molecule has 1 fully saturated rings. The molecule has 2 aromatic heterocycles. The van der Waals surface area contributed by atoms with Gasteiger partial charge in [-0.1, -0.05) is 11.2 Å². The van der Waals surface area contributed by atoms with Gasteiger partial charge in [0, 0.05) is 45.4 Å². The standard InChI is InChI=1S/C19H30N6O/c1-15-21-18(22-26-15)14-24(4)17-8-6-11-25(12-9-17)13-16-7-5-10-20-19(16)23(2)3/h5,7,10,17H,6,8-9,11-14H2,1-4H3. The molecule has 26 heavy (non-hydrogen) atoms. The highest BCUT2D eigenvalue weighted by Gasteiger charge is 2.22. The molecule has 3 heterocycles. The highest BCUT2D eigenvalue weighted by molar-refractivity contribution is 5.45. The Balaban J connectivity index is 1.56. The molecule has 1 unspecified atom stereocenters. The van der Waals surface area contributed by atoms with Crippen molar-refractivity contribution >= 4 is 5.82 Å². The van der Waals surface area contributed by atoms with Gasteiger partial charge in [0.05, 0.1) is 6.54 Å². The number of hydrogen-bond acceptors (Lipinski definition) is 7. The zero-order chi connectivity index (χ0) is 18.5. The normalized spacial score (nSPS) is 18.9. The molecule has 1 aliphatic heterocycles. The van der Waals surface area contributed by atoms with Crippen molar-refractivity contribution in [3.8, 4) is 0 Å². The van der Waals surface area contributed by atoms with Gasteiger partial charge >= 0.3 is 0 Å². The molecule has 3 rings (SSSR count). The van der Waals surface area contributed by atoms with Gasteiger partial charge in [-0.25, -0.2) is 4.98 Å². The molecule has 7 nitrogen and oxygen atoms in total. The third-order valence-corrected chi connectivity index (χ3v) is 5.06. The van der Waals surface area contributed by atoms with Gasteiger partial charge in [0.1, 0.15) is 5.82 Å². The van der Waals surface area contributed by atoms with Crippen LogP contribution >= 0.6 is 0 Å². The molecule has 0 bridgehead atoms. The molecule has 0 aliphatic carbocycles. The van der Waals surface area contributed by atoms with Crippen molar-refractivity contribution in [3.63, 3.8) is 0 Å². The van der Waals surface area contributed by atoms with Gasteiger partial charge in [-0.3, -0.25) is 9.80 Å². The van der Waals surface area contributed by atoms with Crippen molar-refractivity contribution in [2.24, 2.45) is 0 Å². The molecule has 1 aliphatic rings. The minimum Gasteiger partial charge on any atom is -0.362 e. The Hall–Kier alpha value is -1.99. The first kappa shape index (κ1) is 18.8. The predicted molar refractivity (Wildman–Crippen MR) is 102 cm³/mol. The first-order valence-corrected chi connectivity index (χ1v) is 9.36. The summed E-state index contributed by atoms with van der Waals surface area (Å²) in [6, 6.07) is 4.78. The van der Waals surface area contributed by atoms with E-state index in [9.17, 15) is 0 Å². The lowest BCUT2D eigenvalue weighted by molar-refractivity contribution is 0.200. The molecule has 0 aromatic carbocycles. The molecule has 1 atom stereocenters. The van der Waals surface area contributed by atoms with E-state index >= 15 is 0 Å². The fourth-order valence-electron chi connectivity index (χ4n) is 3.69. The lowest BCUT2D eigenvalue weighted by atomic mass is 10.1. The van der Waals surface area contributed by atoms with Crippen LogP contribution in [0.25, 0.3) is 0 Å². The number of anilines is 1. The summed E-state index contributed by atoms with van der Waals surface area (Å²) >= 11 is 0. The zero-order valence-corrected chi connectivity index (χ0v) is 16.4. The maximum atomic E-state index is 5.09. The number of nitrogens with zero attached hydrogens (tertiary/aromatic N) is 6. The Morgan fingerprint density at radius 2 is 2.08 bits per heavy atom. The van der Waals surface area contributed by atoms with E-state index in [-0.39, 0.29) is 0 Å². The largest absolute Gasteiger partial charge is 0.362 e. The summed E-state index contributed by atoms with van der Waals surface area (Å²) in [6.45, 7) is 5.77. The van der Waals surface area contributed by atoms with Crippen molar-refractivity contribution in [1.82, 2.24) is 24.9 Å². The Bertz CT molecular complexity index is 701. The molecule has 0 spiro atoms. The number of aromatic nitrogens is 3. The third-order valence-electron chi connectivity index (χ3n) is 5.06. The quantitative estimate of drug-likeness (QED) is 0.785. The van der Waals surface area contributed by atoms with E-state index < -0.39 is 0 Å². The van der Waals surface area contributed by atoms with Crippen LogP contribution < -0.4 is 4.90 Å². The minimum absolute atomic E-state index is 0.557. The molecule has 0 radical (unpaired) electrons. The first-order valence-electron chi connectivity index (χ1n) is 9.36. The van der Waals surface area contributed by atoms with Crippen LogP contribution in [-0.4, -0.2) is 65.2 Å². The van der Waals surface area contributed by atoms with Gasteiger partial charge in [-0.15, -0.1) is 0 Å². The summed E-state index contributed by atoms with van der Waals surface area (Å²) < 4.78 is 5.09. The van der Waals surface area contributed by atoms with Gasteiger partial charge in [-0.2, -0.15) is 4.98 Å². The Kier molecular flexibility index (Phi) is 6.21. The molecule has 2 aromatic rings. The van der Waals surface area contributed by atoms with Crippen LogP contribution in [0.15, 0.2) is 22.9 Å². The second-order valence-electron chi connectivity index (χ2n) is 7.39. The number of aryl methyl sites for hydroxylation is 1. The van der Waals surface area contributed by atoms with Crippen molar-refractivity contribution in [2.75, 3.05) is 39.1 Å². The van der Waals surface area contributed by atoms with Crippen molar-refractivity contribution in [3.05, 3.63) is 35.6 Å². The Morgan fingerprint density at radius 3 is 2.81 bits per heavy atom. The van der Waals surface area contributed by atoms with Gasteiger partial charge in [0.2, 0.25) is 5.89 Å². The molecule has 142 valence electrons. The van der Waals surface area contributed by atoms with E-state index in [1.54, 1.807) is 0 Å². The molecule has 0 saturated carbocycles. The van der Waals surface area contributed by atoms with Crippen molar-refractivity contribution in [2.45, 2.75) is 45.3 Å². The fourth-order valence-corrected chi connectivity index (χ4v) is 3.69. The number of likely N-dealkylation sites (tertiary alicyclic amines) is 1. The van der Waals surface area contributed by atoms with E-state index in [1.165, 1.54) is 18.4 Å². The summed E-state index contributed by atoms with van der Waals surface area (Å²) in [5, 5.41) is 4.02. The maximum absolute atomic E-state index is 5.09. The predicted octanol–water partition coefficient (Wildman–Crippen LogP) is 2.33. The molecule has 1 saturated heterocycles. The van der Waals surface area contributed by atoms with Gasteiger partial charge in [-0.05, 0) is 45.5 Å². The summed E-state index contributed by atoms with van der Waals surface area (Å²) in [4.78, 5) is 15.9. The minimum atomic E-state index is 0.557. The average molecular weight is 358 g/mol. The number of hydrogen-bond donors (Lipinski definition) is 0. The van der Waals surface area contributed by atoms with E-state index in [2.05, 4.69) is 57.0 Å². The van der Waals surface area contributed by atoms with Gasteiger partial charge in [0.25, 0.3) is 0 Å². The van der Waals surface area contributed by atoms with Crippen LogP contribution in [0.2, 0.25) is 0 Å². The second kappa shape index (κ2) is 8.60. The van der Waals surface area contributed by atoms with Crippen molar-refractivity contribution < 1.29 is 4.52 Å². The van der Waals surface area contributed by atoms with Crippen LogP contribution in [0.4, 0.5) is 5.82 Å². The summed E-state index contributed by atoms with van der Waals surface area (Å²) in [6.07, 6.45) is 5.44. The molecule has 0 N–H and O–H groups in total. The molecular formula is C19H30N6O. The average Bonchev–Trinajstić information content (AvgIpc) is 2.88. The topological polar surface area (TPSA) is 61.5 Å². The van der Waals surface area contributed by atoms with E-state index in [4.69, 9.17) is 4.52 Å². The third kappa shape index (κ3) is 4.80. The lowest BCUT2D eigenvalue weighted by Gasteiger charge is -2.26. The summed E-state index contributed by atoms with van der Waals surface area (Å²) in [7, 11) is 6.27. The molecule has 7 heteroatoms. The molecule has 0 amide bonds. The fraction of sp³-hybridized carbons (Fsp3) is 0.632. The summed E-state index contributed by atoms with van der Waals surface area (Å²) in [5.41, 5.74) is 1.30. The van der Waals surface area contributed by atoms with Crippen LogP contribution in [0, 0.1) is 6.92 Å². The van der Waals surface area contributed by atoms with E-state index in [1.807, 2.05) is 19.2 Å². The lowest BCUT2D eigenvalue weighted by Crippen LogP contribution is -2.33. The Morgan fingerprint density at radius 1 is 1.23 bits per heavy atom. The van der Waals surface area contributed by atoms with Crippen LogP contribution in [0.1, 0.15) is 36.5 Å². The SMILES string of the molecule is Cc1nc(CN(C)C2CCCN(Cc3cccnc3N(C)C)CC2)no1. The van der Waals surface area contributed by atoms with Gasteiger partial charge < -0.3 is 9.42 Å². The highest BCUT2D eigenvalue weighted by Crippen LogP contribution is 2.21. The molecular weight excluding hydrogens is 328 g/mol. The van der Waals surface area contributed by atoms with Crippen molar-refractivity contribution in [1.29, 1.82) is 0 Å². The second-order valence-corrected chi connectivity index (χ2v) is 7.39. The Labute approximate surface area is 156 Å². The van der Waals surface area contributed by atoms with Crippen LogP contribution in [0.5, 0.6) is 0 Å². The van der Waals surface area contributed by atoms with E-state index in [0.29, 0.717) is 11.9 Å². The highest BCUT2D eigenvalue weighted by atomic mass is 16.5. The number of pyridine rings is 1. The van der Waals surface area contributed by atoms with Crippen LogP contribution in [-0.2, 0) is 13.1 Å². The summed E-state index contributed by atoms with van der Waals surface area (Å²) in [5.74, 6) is 2.48. The maximum Gasteiger partial charge on any atom is 0.223 e. The monoisotopic (exact) mass is 358 g/mol. The van der Waals surface area contributed by atoms with Gasteiger partial charge in [0.15, 0.2) is 5.82 Å². The first-order chi connectivity index (χ1) is 12.5.